The minimum absolute atomic E-state index is 0.501. The molecule has 0 aromatic heterocycles. The summed E-state index contributed by atoms with van der Waals surface area (Å²) in [5.41, 5.74) is 1.02. The molecule has 0 N–H and O–H groups in total. The van der Waals surface area contributed by atoms with E-state index >= 15 is 0 Å². The molecule has 1 aliphatic rings. The zero-order valence-electron chi connectivity index (χ0n) is 10.4. The van der Waals surface area contributed by atoms with Gasteiger partial charge in [-0.3, -0.25) is 0 Å². The van der Waals surface area contributed by atoms with Crippen molar-refractivity contribution in [1.29, 1.82) is 0 Å². The van der Waals surface area contributed by atoms with Crippen LogP contribution in [0.5, 0.6) is 0 Å². The number of rotatable bonds is 0. The molecule has 3 atom stereocenters. The van der Waals surface area contributed by atoms with Gasteiger partial charge in [-0.15, -0.1) is 0 Å². The first-order valence-corrected chi connectivity index (χ1v) is 5.69. The Morgan fingerprint density at radius 1 is 0.923 bits per heavy atom. The Balaban J connectivity index is 2.96. The van der Waals surface area contributed by atoms with Crippen LogP contribution < -0.4 is 0 Å². The lowest BCUT2D eigenvalue weighted by Crippen LogP contribution is -2.47. The van der Waals surface area contributed by atoms with E-state index in [-0.39, 0.29) is 0 Å². The van der Waals surface area contributed by atoms with E-state index in [1.807, 2.05) is 0 Å². The van der Waals surface area contributed by atoms with Gasteiger partial charge in [0.05, 0.1) is 0 Å². The highest BCUT2D eigenvalue weighted by molar-refractivity contribution is 4.96. The third kappa shape index (κ3) is 1.65. The van der Waals surface area contributed by atoms with Gasteiger partial charge < -0.3 is 0 Å². The standard InChI is InChI=1S/C13H26/c1-9-8-12(4,5)11(3)13(6,7)10(9)2/h9-11H,8H2,1-7H3. The van der Waals surface area contributed by atoms with Crippen molar-refractivity contribution in [3.05, 3.63) is 0 Å². The number of hydrogen-bond donors (Lipinski definition) is 0. The maximum absolute atomic E-state index is 2.44. The lowest BCUT2D eigenvalue weighted by molar-refractivity contribution is -0.0504. The van der Waals surface area contributed by atoms with Crippen molar-refractivity contribution in [2.45, 2.75) is 54.9 Å². The fourth-order valence-electron chi connectivity index (χ4n) is 3.32. The highest BCUT2D eigenvalue weighted by Gasteiger charge is 2.47. The summed E-state index contributed by atoms with van der Waals surface area (Å²) in [6.07, 6.45) is 1.39. The van der Waals surface area contributed by atoms with Crippen molar-refractivity contribution in [1.82, 2.24) is 0 Å². The lowest BCUT2D eigenvalue weighted by Gasteiger charge is -2.54. The van der Waals surface area contributed by atoms with E-state index in [1.54, 1.807) is 0 Å². The van der Waals surface area contributed by atoms with Crippen LogP contribution >= 0.6 is 0 Å². The molecule has 0 aromatic carbocycles. The van der Waals surface area contributed by atoms with E-state index in [0.717, 1.165) is 17.8 Å². The van der Waals surface area contributed by atoms with Crippen LogP contribution in [0.25, 0.3) is 0 Å². The van der Waals surface area contributed by atoms with Gasteiger partial charge in [-0.2, -0.15) is 0 Å². The molecule has 1 rings (SSSR count). The Kier molecular flexibility index (Phi) is 2.56. The van der Waals surface area contributed by atoms with E-state index in [0.29, 0.717) is 10.8 Å². The van der Waals surface area contributed by atoms with Gasteiger partial charge in [0.15, 0.2) is 0 Å². The van der Waals surface area contributed by atoms with Gasteiger partial charge in [-0.25, -0.2) is 0 Å². The van der Waals surface area contributed by atoms with Crippen LogP contribution in [0.15, 0.2) is 0 Å². The Morgan fingerprint density at radius 3 is 1.85 bits per heavy atom. The van der Waals surface area contributed by atoms with E-state index in [4.69, 9.17) is 0 Å². The maximum Gasteiger partial charge on any atom is -0.0295 e. The molecule has 0 heterocycles. The lowest BCUT2D eigenvalue weighted by atomic mass is 9.51. The van der Waals surface area contributed by atoms with Crippen LogP contribution in [0, 0.1) is 28.6 Å². The molecule has 1 aliphatic carbocycles. The predicted octanol–water partition coefficient (Wildman–Crippen LogP) is 4.35. The predicted molar refractivity (Wildman–Crippen MR) is 59.7 cm³/mol. The van der Waals surface area contributed by atoms with Gasteiger partial charge in [-0.1, -0.05) is 48.5 Å². The maximum atomic E-state index is 2.44. The minimum atomic E-state index is 0.501. The quantitative estimate of drug-likeness (QED) is 0.522. The largest absolute Gasteiger partial charge is 0.0622 e. The van der Waals surface area contributed by atoms with E-state index in [9.17, 15) is 0 Å². The molecule has 78 valence electrons. The van der Waals surface area contributed by atoms with Crippen LogP contribution in [0.1, 0.15) is 54.9 Å². The summed E-state index contributed by atoms with van der Waals surface area (Å²) >= 11 is 0. The van der Waals surface area contributed by atoms with Crippen LogP contribution in [0.3, 0.4) is 0 Å². The molecule has 1 saturated carbocycles. The molecule has 0 bridgehead atoms. The molecule has 0 aliphatic heterocycles. The van der Waals surface area contributed by atoms with Gasteiger partial charge in [0.1, 0.15) is 0 Å². The molecule has 0 aromatic rings. The minimum Gasteiger partial charge on any atom is -0.0622 e. The normalized spacial score (nSPS) is 43.2. The van der Waals surface area contributed by atoms with Gasteiger partial charge in [0, 0.05) is 0 Å². The fourth-order valence-corrected chi connectivity index (χ4v) is 3.32. The summed E-state index contributed by atoms with van der Waals surface area (Å²) in [7, 11) is 0. The Hall–Kier alpha value is 0. The third-order valence-corrected chi connectivity index (χ3v) is 5.16. The molecule has 0 saturated heterocycles. The molecule has 0 amide bonds. The third-order valence-electron chi connectivity index (χ3n) is 5.16. The molecule has 0 spiro atoms. The summed E-state index contributed by atoms with van der Waals surface area (Å²) in [6.45, 7) is 17.0. The molecule has 13 heavy (non-hydrogen) atoms. The monoisotopic (exact) mass is 182 g/mol. The first kappa shape index (κ1) is 11.1. The fraction of sp³-hybridized carbons (Fsp3) is 1.00. The molecule has 3 unspecified atom stereocenters. The highest BCUT2D eigenvalue weighted by Crippen LogP contribution is 2.55. The summed E-state index contributed by atoms with van der Waals surface area (Å²) in [5.74, 6) is 2.56. The Morgan fingerprint density at radius 2 is 1.38 bits per heavy atom. The van der Waals surface area contributed by atoms with E-state index in [1.165, 1.54) is 6.42 Å². The van der Waals surface area contributed by atoms with E-state index in [2.05, 4.69) is 48.5 Å². The Labute approximate surface area is 84.1 Å². The van der Waals surface area contributed by atoms with Crippen molar-refractivity contribution in [2.75, 3.05) is 0 Å². The van der Waals surface area contributed by atoms with Gasteiger partial charge >= 0.3 is 0 Å². The van der Waals surface area contributed by atoms with Crippen LogP contribution in [0.4, 0.5) is 0 Å². The van der Waals surface area contributed by atoms with Gasteiger partial charge in [-0.05, 0) is 35.0 Å². The van der Waals surface area contributed by atoms with Gasteiger partial charge in [0.2, 0.25) is 0 Å². The second-order valence-electron chi connectivity index (χ2n) is 6.50. The first-order chi connectivity index (χ1) is 5.69. The van der Waals surface area contributed by atoms with Crippen molar-refractivity contribution >= 4 is 0 Å². The molecule has 0 radical (unpaired) electrons. The second kappa shape index (κ2) is 3.00. The Bertz CT molecular complexity index is 188. The van der Waals surface area contributed by atoms with Crippen LogP contribution in [-0.4, -0.2) is 0 Å². The van der Waals surface area contributed by atoms with E-state index < -0.39 is 0 Å². The average molecular weight is 182 g/mol. The summed E-state index contributed by atoms with van der Waals surface area (Å²) < 4.78 is 0. The van der Waals surface area contributed by atoms with Gasteiger partial charge in [0.25, 0.3) is 0 Å². The second-order valence-corrected chi connectivity index (χ2v) is 6.50. The smallest absolute Gasteiger partial charge is 0.0295 e. The zero-order valence-corrected chi connectivity index (χ0v) is 10.4. The van der Waals surface area contributed by atoms with Crippen LogP contribution in [-0.2, 0) is 0 Å². The van der Waals surface area contributed by atoms with Crippen molar-refractivity contribution < 1.29 is 0 Å². The average Bonchev–Trinajstić information content (AvgIpc) is 1.98. The topological polar surface area (TPSA) is 0 Å². The highest BCUT2D eigenvalue weighted by atomic mass is 14.5. The molecule has 0 nitrogen and oxygen atoms in total. The summed E-state index contributed by atoms with van der Waals surface area (Å²) in [5, 5.41) is 0. The van der Waals surface area contributed by atoms with Crippen molar-refractivity contribution in [2.24, 2.45) is 28.6 Å². The molecule has 1 fully saturated rings. The molecular weight excluding hydrogens is 156 g/mol. The van der Waals surface area contributed by atoms with Crippen molar-refractivity contribution in [3.8, 4) is 0 Å². The summed E-state index contributed by atoms with van der Waals surface area (Å²) in [6, 6.07) is 0. The zero-order chi connectivity index (χ0) is 10.4. The SMILES string of the molecule is CC1CC(C)(C)C(C)C(C)(C)C1C. The summed E-state index contributed by atoms with van der Waals surface area (Å²) in [4.78, 5) is 0. The molecule has 0 heteroatoms. The number of hydrogen-bond acceptors (Lipinski definition) is 0. The first-order valence-electron chi connectivity index (χ1n) is 5.69. The van der Waals surface area contributed by atoms with Crippen molar-refractivity contribution in [3.63, 3.8) is 0 Å². The van der Waals surface area contributed by atoms with Crippen LogP contribution in [0.2, 0.25) is 0 Å². The molecular formula is C13H26.